The van der Waals surface area contributed by atoms with Crippen molar-refractivity contribution in [1.29, 1.82) is 0 Å². The van der Waals surface area contributed by atoms with Gasteiger partial charge in [-0.15, -0.1) is 0 Å². The average Bonchev–Trinajstić information content (AvgIpc) is 3.25. The smallest absolute Gasteiger partial charge is 0.117 e. The Hall–Kier alpha value is -2.38. The molecule has 1 atom stereocenters. The summed E-state index contributed by atoms with van der Waals surface area (Å²) in [5, 5.41) is 15.0. The van der Waals surface area contributed by atoms with Gasteiger partial charge in [-0.3, -0.25) is 9.58 Å². The van der Waals surface area contributed by atoms with Gasteiger partial charge in [0.25, 0.3) is 0 Å². The molecule has 3 aromatic rings. The van der Waals surface area contributed by atoms with Gasteiger partial charge in [0.2, 0.25) is 0 Å². The Morgan fingerprint density at radius 2 is 2.16 bits per heavy atom. The number of aromatic nitrogens is 4. The highest BCUT2D eigenvalue weighted by Crippen LogP contribution is 2.12. The minimum atomic E-state index is -0.527. The number of aliphatic hydroxyl groups excluding tert-OH is 1. The molecule has 0 amide bonds. The Bertz CT molecular complexity index is 790. The first kappa shape index (κ1) is 17.4. The number of aliphatic hydroxyl groups is 1. The van der Waals surface area contributed by atoms with Gasteiger partial charge in [0, 0.05) is 32.0 Å². The Labute approximate surface area is 147 Å². The van der Waals surface area contributed by atoms with Crippen molar-refractivity contribution in [2.75, 3.05) is 6.54 Å². The maximum atomic E-state index is 10.6. The monoisotopic (exact) mass is 343 g/mol. The van der Waals surface area contributed by atoms with Gasteiger partial charge in [-0.25, -0.2) is 4.98 Å². The van der Waals surface area contributed by atoms with Crippen molar-refractivity contribution in [3.63, 3.8) is 0 Å². The summed E-state index contributed by atoms with van der Waals surface area (Å²) in [6.07, 6.45) is 4.78. The van der Waals surface area contributed by atoms with Crippen LogP contribution in [-0.4, -0.2) is 42.0 Å². The van der Waals surface area contributed by atoms with Crippen molar-refractivity contribution in [1.82, 2.24) is 24.2 Å². The average molecular weight is 343 g/mol. The molecular weight excluding hydrogens is 318 g/mol. The molecular formula is C18H25N5O2. The molecule has 3 rings (SSSR count). The molecule has 3 aromatic heterocycles. The summed E-state index contributed by atoms with van der Waals surface area (Å²) < 4.78 is 9.32. The Morgan fingerprint density at radius 3 is 2.76 bits per heavy atom. The molecule has 7 nitrogen and oxygen atoms in total. The summed E-state index contributed by atoms with van der Waals surface area (Å²) in [5.41, 5.74) is 3.11. The molecule has 1 N–H and O–H groups in total. The van der Waals surface area contributed by atoms with Crippen LogP contribution in [0.25, 0.3) is 0 Å². The fraction of sp³-hybridized carbons (Fsp3) is 0.444. The standard InChI is InChI=1S/C18H25N5O2/c1-14-7-15(2)23(20-14)11-17(24)10-22(12-18-5-4-6-25-18)9-16-8-19-13-21(16)3/h4-8,13,17,24H,9-12H2,1-3H3/t17-/m1/s1. The highest BCUT2D eigenvalue weighted by atomic mass is 16.3. The van der Waals surface area contributed by atoms with E-state index in [9.17, 15) is 5.11 Å². The zero-order valence-corrected chi connectivity index (χ0v) is 15.0. The number of furan rings is 1. The summed E-state index contributed by atoms with van der Waals surface area (Å²) in [6, 6.07) is 5.84. The van der Waals surface area contributed by atoms with Gasteiger partial charge < -0.3 is 14.1 Å². The third kappa shape index (κ3) is 4.58. The van der Waals surface area contributed by atoms with Gasteiger partial charge in [-0.2, -0.15) is 5.10 Å². The summed E-state index contributed by atoms with van der Waals surface area (Å²) in [4.78, 5) is 6.33. The van der Waals surface area contributed by atoms with Gasteiger partial charge in [0.1, 0.15) is 5.76 Å². The van der Waals surface area contributed by atoms with Gasteiger partial charge in [-0.1, -0.05) is 0 Å². The van der Waals surface area contributed by atoms with E-state index >= 15 is 0 Å². The normalized spacial score (nSPS) is 12.8. The molecule has 0 aromatic carbocycles. The topological polar surface area (TPSA) is 72.2 Å². The third-order valence-electron chi connectivity index (χ3n) is 4.22. The molecule has 0 fully saturated rings. The minimum absolute atomic E-state index is 0.472. The SMILES string of the molecule is Cc1cc(C)n(C[C@H](O)CN(Cc2ccco2)Cc2cncn2C)n1. The van der Waals surface area contributed by atoms with Crippen LogP contribution in [0.3, 0.4) is 0 Å². The lowest BCUT2D eigenvalue weighted by molar-refractivity contribution is 0.0828. The maximum absolute atomic E-state index is 10.6. The Balaban J connectivity index is 1.67. The summed E-state index contributed by atoms with van der Waals surface area (Å²) >= 11 is 0. The van der Waals surface area contributed by atoms with Gasteiger partial charge in [0.15, 0.2) is 0 Å². The molecule has 0 saturated heterocycles. The highest BCUT2D eigenvalue weighted by Gasteiger charge is 2.17. The summed E-state index contributed by atoms with van der Waals surface area (Å²) in [5.74, 6) is 0.875. The predicted octanol–water partition coefficient (Wildman–Crippen LogP) is 1.89. The highest BCUT2D eigenvalue weighted by molar-refractivity contribution is 5.07. The lowest BCUT2D eigenvalue weighted by atomic mass is 10.2. The van der Waals surface area contributed by atoms with Crippen molar-refractivity contribution < 1.29 is 9.52 Å². The van der Waals surface area contributed by atoms with Crippen LogP contribution in [-0.2, 0) is 26.7 Å². The third-order valence-corrected chi connectivity index (χ3v) is 4.22. The molecule has 3 heterocycles. The molecule has 0 bridgehead atoms. The van der Waals surface area contributed by atoms with E-state index in [0.717, 1.165) is 22.8 Å². The predicted molar refractivity (Wildman–Crippen MR) is 93.7 cm³/mol. The van der Waals surface area contributed by atoms with E-state index in [4.69, 9.17) is 4.42 Å². The fourth-order valence-corrected chi connectivity index (χ4v) is 2.99. The molecule has 0 aliphatic heterocycles. The lowest BCUT2D eigenvalue weighted by Crippen LogP contribution is -2.35. The molecule has 7 heteroatoms. The van der Waals surface area contributed by atoms with Gasteiger partial charge >= 0.3 is 0 Å². The van der Waals surface area contributed by atoms with Crippen LogP contribution in [0, 0.1) is 13.8 Å². The van der Waals surface area contributed by atoms with Crippen molar-refractivity contribution >= 4 is 0 Å². The van der Waals surface area contributed by atoms with Crippen molar-refractivity contribution in [3.8, 4) is 0 Å². The van der Waals surface area contributed by atoms with Gasteiger partial charge in [0.05, 0.1) is 43.2 Å². The van der Waals surface area contributed by atoms with Gasteiger partial charge in [-0.05, 0) is 32.0 Å². The number of imidazole rings is 1. The first-order valence-corrected chi connectivity index (χ1v) is 8.40. The number of aryl methyl sites for hydroxylation is 3. The Morgan fingerprint density at radius 1 is 1.32 bits per heavy atom. The van der Waals surface area contributed by atoms with Crippen LogP contribution >= 0.6 is 0 Å². The molecule has 134 valence electrons. The zero-order valence-electron chi connectivity index (χ0n) is 15.0. The summed E-state index contributed by atoms with van der Waals surface area (Å²) in [6.45, 7) is 6.27. The number of rotatable bonds is 8. The van der Waals surface area contributed by atoms with Crippen LogP contribution in [0.4, 0.5) is 0 Å². The second-order valence-corrected chi connectivity index (χ2v) is 6.51. The number of nitrogens with zero attached hydrogens (tertiary/aromatic N) is 5. The molecule has 25 heavy (non-hydrogen) atoms. The Kier molecular flexibility index (Phi) is 5.35. The van der Waals surface area contributed by atoms with E-state index in [1.165, 1.54) is 0 Å². The molecule has 0 radical (unpaired) electrons. The van der Waals surface area contributed by atoms with E-state index in [2.05, 4.69) is 15.0 Å². The maximum Gasteiger partial charge on any atom is 0.117 e. The van der Waals surface area contributed by atoms with Crippen LogP contribution in [0.1, 0.15) is 22.8 Å². The second kappa shape index (κ2) is 7.67. The molecule has 0 unspecified atom stereocenters. The van der Waals surface area contributed by atoms with E-state index in [1.54, 1.807) is 12.6 Å². The van der Waals surface area contributed by atoms with E-state index < -0.39 is 6.10 Å². The first-order chi connectivity index (χ1) is 12.0. The first-order valence-electron chi connectivity index (χ1n) is 8.40. The quantitative estimate of drug-likeness (QED) is 0.676. The van der Waals surface area contributed by atoms with Crippen LogP contribution < -0.4 is 0 Å². The largest absolute Gasteiger partial charge is 0.468 e. The van der Waals surface area contributed by atoms with Crippen LogP contribution in [0.2, 0.25) is 0 Å². The minimum Gasteiger partial charge on any atom is -0.468 e. The molecule has 0 aliphatic rings. The van der Waals surface area contributed by atoms with Crippen LogP contribution in [0.5, 0.6) is 0 Å². The summed E-state index contributed by atoms with van der Waals surface area (Å²) in [7, 11) is 1.97. The van der Waals surface area contributed by atoms with E-state index in [1.807, 2.05) is 54.5 Å². The lowest BCUT2D eigenvalue weighted by Gasteiger charge is -2.24. The molecule has 0 spiro atoms. The van der Waals surface area contributed by atoms with Crippen molar-refractivity contribution in [2.24, 2.45) is 7.05 Å². The fourth-order valence-electron chi connectivity index (χ4n) is 2.99. The molecule has 0 aliphatic carbocycles. The molecule has 0 saturated carbocycles. The number of hydrogen-bond acceptors (Lipinski definition) is 5. The van der Waals surface area contributed by atoms with Crippen molar-refractivity contribution in [2.45, 2.75) is 39.6 Å². The zero-order chi connectivity index (χ0) is 17.8. The van der Waals surface area contributed by atoms with Crippen LogP contribution in [0.15, 0.2) is 41.4 Å². The second-order valence-electron chi connectivity index (χ2n) is 6.51. The number of hydrogen-bond donors (Lipinski definition) is 1. The van der Waals surface area contributed by atoms with Crippen molar-refractivity contribution in [3.05, 3.63) is 59.8 Å². The van der Waals surface area contributed by atoms with E-state index in [-0.39, 0.29) is 0 Å². The van der Waals surface area contributed by atoms with E-state index in [0.29, 0.717) is 26.2 Å².